The van der Waals surface area contributed by atoms with Crippen LogP contribution >= 0.6 is 0 Å². The fourth-order valence-corrected chi connectivity index (χ4v) is 2.55. The van der Waals surface area contributed by atoms with Crippen LogP contribution in [0.25, 0.3) is 6.08 Å². The molecule has 0 atom stereocenters. The van der Waals surface area contributed by atoms with Crippen LogP contribution in [0.15, 0.2) is 48.5 Å². The van der Waals surface area contributed by atoms with Crippen LogP contribution in [-0.2, 0) is 16.1 Å². The topological polar surface area (TPSA) is 65.1 Å². The van der Waals surface area contributed by atoms with Gasteiger partial charge in [0, 0.05) is 25.2 Å². The van der Waals surface area contributed by atoms with Crippen molar-refractivity contribution in [2.75, 3.05) is 28.4 Å². The highest BCUT2D eigenvalue weighted by Gasteiger charge is 2.13. The van der Waals surface area contributed by atoms with Crippen LogP contribution in [0.3, 0.4) is 0 Å². The van der Waals surface area contributed by atoms with E-state index in [0.29, 0.717) is 23.6 Å². The number of hydrogen-bond acceptors (Lipinski definition) is 5. The number of hydrogen-bond donors (Lipinski definition) is 0. The number of carbonyl (C=O) groups is 2. The number of methoxy groups -OCH3 is 3. The van der Waals surface area contributed by atoms with Gasteiger partial charge in [-0.2, -0.15) is 0 Å². The van der Waals surface area contributed by atoms with Crippen molar-refractivity contribution in [3.8, 4) is 11.5 Å². The Hall–Kier alpha value is -3.28. The Morgan fingerprint density at radius 3 is 2.30 bits per heavy atom. The largest absolute Gasteiger partial charge is 0.493 e. The summed E-state index contributed by atoms with van der Waals surface area (Å²) in [5, 5.41) is 0. The van der Waals surface area contributed by atoms with Crippen LogP contribution in [-0.4, -0.2) is 45.2 Å². The fourth-order valence-electron chi connectivity index (χ4n) is 2.55. The molecule has 6 heteroatoms. The van der Waals surface area contributed by atoms with Crippen LogP contribution in [0.4, 0.5) is 0 Å². The van der Waals surface area contributed by atoms with Crippen molar-refractivity contribution in [1.29, 1.82) is 0 Å². The Kier molecular flexibility index (Phi) is 7.00. The van der Waals surface area contributed by atoms with E-state index in [1.54, 1.807) is 56.5 Å². The highest BCUT2D eigenvalue weighted by molar-refractivity contribution is 5.92. The maximum Gasteiger partial charge on any atom is 0.337 e. The molecule has 0 saturated carbocycles. The van der Waals surface area contributed by atoms with E-state index in [4.69, 9.17) is 9.47 Å². The summed E-state index contributed by atoms with van der Waals surface area (Å²) in [6, 6.07) is 12.4. The molecule has 0 unspecified atom stereocenters. The smallest absolute Gasteiger partial charge is 0.337 e. The molecule has 2 aromatic rings. The van der Waals surface area contributed by atoms with Gasteiger partial charge in [-0.1, -0.05) is 24.3 Å². The average Bonchev–Trinajstić information content (AvgIpc) is 2.71. The second-order valence-electron chi connectivity index (χ2n) is 5.79. The van der Waals surface area contributed by atoms with Crippen molar-refractivity contribution < 1.29 is 23.8 Å². The molecule has 0 aliphatic carbocycles. The van der Waals surface area contributed by atoms with Gasteiger partial charge in [0.25, 0.3) is 0 Å². The molecule has 0 saturated heterocycles. The van der Waals surface area contributed by atoms with Gasteiger partial charge in [0.2, 0.25) is 5.91 Å². The summed E-state index contributed by atoms with van der Waals surface area (Å²) in [6.45, 7) is 0.380. The predicted octanol–water partition coefficient (Wildman–Crippen LogP) is 3.16. The van der Waals surface area contributed by atoms with Gasteiger partial charge in [-0.25, -0.2) is 4.79 Å². The minimum absolute atomic E-state index is 0.156. The van der Waals surface area contributed by atoms with E-state index in [-0.39, 0.29) is 5.91 Å². The van der Waals surface area contributed by atoms with Crippen molar-refractivity contribution in [3.05, 3.63) is 65.2 Å². The molecule has 142 valence electrons. The first-order valence-electron chi connectivity index (χ1n) is 8.31. The summed E-state index contributed by atoms with van der Waals surface area (Å²) >= 11 is 0. The normalized spacial score (nSPS) is 10.5. The highest BCUT2D eigenvalue weighted by atomic mass is 16.5. The van der Waals surface area contributed by atoms with Crippen molar-refractivity contribution in [2.24, 2.45) is 0 Å². The quantitative estimate of drug-likeness (QED) is 0.554. The monoisotopic (exact) mass is 369 g/mol. The zero-order valence-electron chi connectivity index (χ0n) is 15.9. The number of benzene rings is 2. The van der Waals surface area contributed by atoms with Gasteiger partial charge >= 0.3 is 5.97 Å². The molecule has 0 aliphatic rings. The van der Waals surface area contributed by atoms with Crippen LogP contribution in [0.5, 0.6) is 11.5 Å². The highest BCUT2D eigenvalue weighted by Crippen LogP contribution is 2.31. The van der Waals surface area contributed by atoms with Crippen LogP contribution in [0.2, 0.25) is 0 Å². The number of ether oxygens (including phenoxy) is 3. The summed E-state index contributed by atoms with van der Waals surface area (Å²) < 4.78 is 15.3. The number of carbonyl (C=O) groups excluding carboxylic acids is 2. The Morgan fingerprint density at radius 2 is 1.70 bits per heavy atom. The molecule has 1 amide bonds. The maximum absolute atomic E-state index is 12.4. The number of likely N-dealkylation sites (N-methyl/N-ethyl adjacent to an activating group) is 1. The molecule has 0 radical (unpaired) electrons. The lowest BCUT2D eigenvalue weighted by Gasteiger charge is -2.18. The first-order valence-corrected chi connectivity index (χ1v) is 8.31. The molecule has 27 heavy (non-hydrogen) atoms. The van der Waals surface area contributed by atoms with E-state index in [1.165, 1.54) is 13.2 Å². The molecule has 6 nitrogen and oxygen atoms in total. The van der Waals surface area contributed by atoms with E-state index in [2.05, 4.69) is 4.74 Å². The average molecular weight is 369 g/mol. The molecule has 0 heterocycles. The molecule has 2 rings (SSSR count). The zero-order chi connectivity index (χ0) is 19.8. The first kappa shape index (κ1) is 20.0. The first-order chi connectivity index (χ1) is 13.0. The second-order valence-corrected chi connectivity index (χ2v) is 5.79. The van der Waals surface area contributed by atoms with Gasteiger partial charge in [0.1, 0.15) is 0 Å². The third-order valence-corrected chi connectivity index (χ3v) is 4.02. The number of para-hydroxylation sites is 1. The van der Waals surface area contributed by atoms with E-state index in [9.17, 15) is 9.59 Å². The van der Waals surface area contributed by atoms with E-state index in [0.717, 1.165) is 11.1 Å². The van der Waals surface area contributed by atoms with Crippen LogP contribution < -0.4 is 9.47 Å². The van der Waals surface area contributed by atoms with Crippen molar-refractivity contribution in [3.63, 3.8) is 0 Å². The van der Waals surface area contributed by atoms with Gasteiger partial charge < -0.3 is 19.1 Å². The molecule has 0 spiro atoms. The molecule has 0 aliphatic heterocycles. The summed E-state index contributed by atoms with van der Waals surface area (Å²) in [5.41, 5.74) is 2.12. The molecule has 0 aromatic heterocycles. The standard InChI is InChI=1S/C21H23NO5/c1-22(14-17-6-5-7-18(25-2)20(17)26-3)19(23)13-10-15-8-11-16(12-9-15)21(24)27-4/h5-13H,14H2,1-4H3/b13-10+. The number of rotatable bonds is 7. The molecule has 2 aromatic carbocycles. The molecule has 0 fully saturated rings. The molecule has 0 bridgehead atoms. The lowest BCUT2D eigenvalue weighted by Crippen LogP contribution is -2.24. The molecular weight excluding hydrogens is 346 g/mol. The molecular formula is C21H23NO5. The van der Waals surface area contributed by atoms with Gasteiger partial charge in [0.15, 0.2) is 11.5 Å². The van der Waals surface area contributed by atoms with Crippen molar-refractivity contribution in [2.45, 2.75) is 6.54 Å². The predicted molar refractivity (Wildman–Crippen MR) is 103 cm³/mol. The van der Waals surface area contributed by atoms with Gasteiger partial charge in [-0.3, -0.25) is 4.79 Å². The Labute approximate surface area is 159 Å². The van der Waals surface area contributed by atoms with E-state index >= 15 is 0 Å². The SMILES string of the molecule is COC(=O)c1ccc(/C=C/C(=O)N(C)Cc2cccc(OC)c2OC)cc1. The lowest BCUT2D eigenvalue weighted by molar-refractivity contribution is -0.125. The summed E-state index contributed by atoms with van der Waals surface area (Å²) in [4.78, 5) is 25.4. The summed E-state index contributed by atoms with van der Waals surface area (Å²) in [5.74, 6) is 0.685. The Balaban J connectivity index is 2.05. The summed E-state index contributed by atoms with van der Waals surface area (Å²) in [6.07, 6.45) is 3.18. The Bertz CT molecular complexity index is 827. The van der Waals surface area contributed by atoms with Gasteiger partial charge in [0.05, 0.1) is 26.9 Å². The van der Waals surface area contributed by atoms with Crippen LogP contribution in [0, 0.1) is 0 Å². The zero-order valence-corrected chi connectivity index (χ0v) is 15.9. The van der Waals surface area contributed by atoms with Crippen molar-refractivity contribution >= 4 is 18.0 Å². The third-order valence-electron chi connectivity index (χ3n) is 4.02. The minimum atomic E-state index is -0.395. The van der Waals surface area contributed by atoms with Gasteiger partial charge in [-0.05, 0) is 29.8 Å². The van der Waals surface area contributed by atoms with Crippen molar-refractivity contribution in [1.82, 2.24) is 4.90 Å². The number of nitrogens with zero attached hydrogens (tertiary/aromatic N) is 1. The van der Waals surface area contributed by atoms with Gasteiger partial charge in [-0.15, -0.1) is 0 Å². The second kappa shape index (κ2) is 9.43. The van der Waals surface area contributed by atoms with Crippen LogP contribution in [0.1, 0.15) is 21.5 Å². The minimum Gasteiger partial charge on any atom is -0.493 e. The molecule has 0 N–H and O–H groups in total. The maximum atomic E-state index is 12.4. The number of amides is 1. The summed E-state index contributed by atoms with van der Waals surface area (Å²) in [7, 11) is 6.19. The third kappa shape index (κ3) is 5.10. The van der Waals surface area contributed by atoms with E-state index in [1.807, 2.05) is 18.2 Å². The number of esters is 1. The van der Waals surface area contributed by atoms with E-state index < -0.39 is 5.97 Å². The fraction of sp³-hybridized carbons (Fsp3) is 0.238. The lowest BCUT2D eigenvalue weighted by atomic mass is 10.1. The Morgan fingerprint density at radius 1 is 1.00 bits per heavy atom.